The molecule has 0 spiro atoms. The van der Waals surface area contributed by atoms with Crippen molar-refractivity contribution in [3.05, 3.63) is 0 Å². The highest BCUT2D eigenvalue weighted by atomic mass is 35.5. The van der Waals surface area contributed by atoms with Crippen LogP contribution >= 0.6 is 11.6 Å². The monoisotopic (exact) mass is 214 g/mol. The van der Waals surface area contributed by atoms with Gasteiger partial charge < -0.3 is 0 Å². The van der Waals surface area contributed by atoms with E-state index in [1.165, 1.54) is 0 Å². The van der Waals surface area contributed by atoms with Crippen molar-refractivity contribution in [1.82, 2.24) is 5.43 Å². The van der Waals surface area contributed by atoms with Crippen LogP contribution in [0.15, 0.2) is 0 Å². The number of hydrogen-bond acceptors (Lipinski definition) is 2. The quantitative estimate of drug-likeness (QED) is 0.429. The smallest absolute Gasteiger partial charge is 0.271 e. The number of nitrogens with two attached hydrogens (primary N) is 1. The maximum atomic E-state index is 12.6. The lowest BCUT2D eigenvalue weighted by molar-refractivity contribution is 0.0422. The third kappa shape index (κ3) is 6.18. The molecule has 13 heavy (non-hydrogen) atoms. The normalized spacial score (nSPS) is 15.9. The first-order valence-electron chi connectivity index (χ1n) is 4.19. The lowest BCUT2D eigenvalue weighted by Crippen LogP contribution is -2.45. The molecular formula is C8H17ClF2N2. The molecular weight excluding hydrogens is 198 g/mol. The van der Waals surface area contributed by atoms with Gasteiger partial charge in [-0.1, -0.05) is 20.8 Å². The van der Waals surface area contributed by atoms with E-state index in [0.717, 1.165) is 0 Å². The van der Waals surface area contributed by atoms with Crippen molar-refractivity contribution in [2.75, 3.05) is 0 Å². The van der Waals surface area contributed by atoms with Crippen molar-refractivity contribution in [2.45, 2.75) is 45.0 Å². The maximum Gasteiger partial charge on any atom is 0.338 e. The molecule has 0 aromatic carbocycles. The fourth-order valence-electron chi connectivity index (χ4n) is 0.919. The van der Waals surface area contributed by atoms with Crippen LogP contribution in [-0.2, 0) is 0 Å². The Morgan fingerprint density at radius 2 is 1.85 bits per heavy atom. The summed E-state index contributed by atoms with van der Waals surface area (Å²) in [6, 6.07) is -1.16. The van der Waals surface area contributed by atoms with Crippen LogP contribution in [0, 0.1) is 5.41 Å². The lowest BCUT2D eigenvalue weighted by Gasteiger charge is -2.25. The minimum Gasteiger partial charge on any atom is -0.271 e. The number of rotatable bonds is 4. The Bertz CT molecular complexity index is 151. The Morgan fingerprint density at radius 1 is 1.38 bits per heavy atom. The summed E-state index contributed by atoms with van der Waals surface area (Å²) in [5, 5.41) is -3.28. The maximum absolute atomic E-state index is 12.6. The summed E-state index contributed by atoms with van der Waals surface area (Å²) in [6.45, 7) is 5.94. The van der Waals surface area contributed by atoms with Gasteiger partial charge in [0.1, 0.15) is 0 Å². The molecule has 1 unspecified atom stereocenters. The van der Waals surface area contributed by atoms with Gasteiger partial charge in [-0.25, -0.2) is 5.43 Å². The summed E-state index contributed by atoms with van der Waals surface area (Å²) in [7, 11) is 0. The van der Waals surface area contributed by atoms with E-state index in [2.05, 4.69) is 0 Å². The molecule has 0 aromatic heterocycles. The Morgan fingerprint density at radius 3 is 2.08 bits per heavy atom. The fraction of sp³-hybridized carbons (Fsp3) is 1.00. The topological polar surface area (TPSA) is 38.0 Å². The summed E-state index contributed by atoms with van der Waals surface area (Å²) < 4.78 is 25.2. The summed E-state index contributed by atoms with van der Waals surface area (Å²) in [5.41, 5.74) is 2.04. The van der Waals surface area contributed by atoms with E-state index in [1.807, 2.05) is 26.2 Å². The molecule has 80 valence electrons. The average Bonchev–Trinajstić information content (AvgIpc) is 1.82. The van der Waals surface area contributed by atoms with Gasteiger partial charge in [0, 0.05) is 0 Å². The predicted molar refractivity (Wildman–Crippen MR) is 50.6 cm³/mol. The van der Waals surface area contributed by atoms with E-state index in [4.69, 9.17) is 17.4 Å². The molecule has 0 fully saturated rings. The summed E-state index contributed by atoms with van der Waals surface area (Å²) in [6.07, 6.45) is 0.903. The zero-order valence-corrected chi connectivity index (χ0v) is 8.96. The molecule has 2 nitrogen and oxygen atoms in total. The van der Waals surface area contributed by atoms with Crippen LogP contribution in [0.4, 0.5) is 8.78 Å². The van der Waals surface area contributed by atoms with Crippen LogP contribution in [-0.4, -0.2) is 11.4 Å². The first kappa shape index (κ1) is 13.1. The third-order valence-corrected chi connectivity index (χ3v) is 2.04. The molecule has 0 aliphatic rings. The molecule has 0 amide bonds. The van der Waals surface area contributed by atoms with Gasteiger partial charge in [-0.2, -0.15) is 8.78 Å². The van der Waals surface area contributed by atoms with Gasteiger partial charge in [0.15, 0.2) is 0 Å². The van der Waals surface area contributed by atoms with Gasteiger partial charge in [-0.05, 0) is 29.9 Å². The minimum atomic E-state index is -3.28. The molecule has 0 aliphatic heterocycles. The highest BCUT2D eigenvalue weighted by Gasteiger charge is 2.36. The van der Waals surface area contributed by atoms with E-state index >= 15 is 0 Å². The van der Waals surface area contributed by atoms with E-state index < -0.39 is 11.4 Å². The van der Waals surface area contributed by atoms with Crippen LogP contribution < -0.4 is 11.3 Å². The molecule has 1 atom stereocenters. The number of halogens is 3. The van der Waals surface area contributed by atoms with E-state index in [9.17, 15) is 8.78 Å². The predicted octanol–water partition coefficient (Wildman–Crippen LogP) is 2.48. The summed E-state index contributed by atoms with van der Waals surface area (Å²) in [5.74, 6) is 4.97. The Balaban J connectivity index is 4.02. The van der Waals surface area contributed by atoms with E-state index in [0.29, 0.717) is 6.42 Å². The van der Waals surface area contributed by atoms with Crippen LogP contribution in [0.5, 0.6) is 0 Å². The van der Waals surface area contributed by atoms with Gasteiger partial charge in [-0.15, -0.1) is 0 Å². The first-order valence-corrected chi connectivity index (χ1v) is 4.57. The Hall–Kier alpha value is 0.0700. The number of alkyl halides is 3. The van der Waals surface area contributed by atoms with Gasteiger partial charge in [0.25, 0.3) is 0 Å². The summed E-state index contributed by atoms with van der Waals surface area (Å²) in [4.78, 5) is 0. The fourth-order valence-corrected chi connectivity index (χ4v) is 1.09. The highest BCUT2D eigenvalue weighted by Crippen LogP contribution is 2.29. The number of nitrogens with one attached hydrogen (secondary N) is 1. The second kappa shape index (κ2) is 4.53. The van der Waals surface area contributed by atoms with Gasteiger partial charge >= 0.3 is 5.38 Å². The molecule has 0 saturated carbocycles. The lowest BCUT2D eigenvalue weighted by atomic mass is 9.89. The molecule has 3 N–H and O–H groups in total. The van der Waals surface area contributed by atoms with Gasteiger partial charge in [0.05, 0.1) is 6.04 Å². The zero-order valence-electron chi connectivity index (χ0n) is 8.20. The molecule has 0 rings (SSSR count). The van der Waals surface area contributed by atoms with Crippen molar-refractivity contribution in [3.8, 4) is 0 Å². The van der Waals surface area contributed by atoms with Crippen molar-refractivity contribution < 1.29 is 8.78 Å². The van der Waals surface area contributed by atoms with Gasteiger partial charge in [0.2, 0.25) is 0 Å². The largest absolute Gasteiger partial charge is 0.338 e. The van der Waals surface area contributed by atoms with E-state index in [-0.39, 0.29) is 11.8 Å². The molecule has 5 heteroatoms. The Labute approximate surface area is 82.8 Å². The van der Waals surface area contributed by atoms with E-state index in [1.54, 1.807) is 0 Å². The van der Waals surface area contributed by atoms with Crippen LogP contribution in [0.2, 0.25) is 0 Å². The van der Waals surface area contributed by atoms with Gasteiger partial charge in [-0.3, -0.25) is 5.84 Å². The molecule has 0 bridgehead atoms. The van der Waals surface area contributed by atoms with Crippen molar-refractivity contribution in [2.24, 2.45) is 11.3 Å². The van der Waals surface area contributed by atoms with Crippen LogP contribution in [0.1, 0.15) is 33.6 Å². The van der Waals surface area contributed by atoms with Crippen LogP contribution in [0.25, 0.3) is 0 Å². The minimum absolute atomic E-state index is 0.0111. The van der Waals surface area contributed by atoms with Crippen molar-refractivity contribution in [3.63, 3.8) is 0 Å². The second-order valence-corrected chi connectivity index (χ2v) is 4.86. The molecule has 0 aliphatic carbocycles. The molecule has 0 heterocycles. The number of hydrogen-bond donors (Lipinski definition) is 2. The highest BCUT2D eigenvalue weighted by molar-refractivity contribution is 6.22. The summed E-state index contributed by atoms with van der Waals surface area (Å²) >= 11 is 4.85. The SMILES string of the molecule is CC(C)(C)CCC(NN)C(F)(F)Cl. The third-order valence-electron chi connectivity index (χ3n) is 1.78. The Kier molecular flexibility index (Phi) is 4.55. The standard InChI is InChI=1S/C8H17ClF2N2/c1-7(2,3)5-4-6(13-12)8(9,10)11/h6,13H,4-5,12H2,1-3H3. The second-order valence-electron chi connectivity index (χ2n) is 4.36. The number of hydrazine groups is 1. The van der Waals surface area contributed by atoms with Crippen molar-refractivity contribution >= 4 is 11.6 Å². The average molecular weight is 215 g/mol. The van der Waals surface area contributed by atoms with Crippen molar-refractivity contribution in [1.29, 1.82) is 0 Å². The van der Waals surface area contributed by atoms with Crippen LogP contribution in [0.3, 0.4) is 0 Å². The molecule has 0 saturated heterocycles. The zero-order chi connectivity index (χ0) is 10.7. The molecule has 0 radical (unpaired) electrons. The molecule has 0 aromatic rings. The first-order chi connectivity index (χ1) is 5.67.